The second-order valence-corrected chi connectivity index (χ2v) is 5.60. The van der Waals surface area contributed by atoms with E-state index >= 15 is 0 Å². The summed E-state index contributed by atoms with van der Waals surface area (Å²) in [6.45, 7) is 3.32. The highest BCUT2D eigenvalue weighted by Crippen LogP contribution is 2.22. The Morgan fingerprint density at radius 1 is 1.50 bits per heavy atom. The lowest BCUT2D eigenvalue weighted by molar-refractivity contribution is -0.133. The summed E-state index contributed by atoms with van der Waals surface area (Å²) >= 11 is 0. The Bertz CT molecular complexity index is 493. The Labute approximate surface area is 132 Å². The first-order valence-corrected chi connectivity index (χ1v) is 7.53. The van der Waals surface area contributed by atoms with E-state index < -0.39 is 6.10 Å². The molecule has 6 heteroatoms. The van der Waals surface area contributed by atoms with Crippen LogP contribution in [0.4, 0.5) is 5.69 Å². The molecule has 0 radical (unpaired) electrons. The van der Waals surface area contributed by atoms with Crippen molar-refractivity contribution in [2.24, 2.45) is 0 Å². The molecule has 0 aliphatic carbocycles. The van der Waals surface area contributed by atoms with E-state index in [2.05, 4.69) is 10.2 Å². The molecule has 0 saturated carbocycles. The molecule has 1 N–H and O–H groups in total. The molecule has 1 aliphatic heterocycles. The third kappa shape index (κ3) is 4.61. The summed E-state index contributed by atoms with van der Waals surface area (Å²) in [5.41, 5.74) is 1.05. The van der Waals surface area contributed by atoms with E-state index in [1.165, 1.54) is 0 Å². The van der Waals surface area contributed by atoms with Gasteiger partial charge in [-0.1, -0.05) is 6.07 Å². The van der Waals surface area contributed by atoms with Crippen LogP contribution < -0.4 is 15.0 Å². The molecule has 22 heavy (non-hydrogen) atoms. The summed E-state index contributed by atoms with van der Waals surface area (Å²) in [5.74, 6) is 0.769. The summed E-state index contributed by atoms with van der Waals surface area (Å²) in [4.78, 5) is 16.4. The Kier molecular flexibility index (Phi) is 6.03. The van der Waals surface area contributed by atoms with E-state index in [-0.39, 0.29) is 5.91 Å². The number of ether oxygens (including phenoxy) is 2. The third-order valence-electron chi connectivity index (χ3n) is 3.64. The highest BCUT2D eigenvalue weighted by Gasteiger charge is 2.26. The predicted molar refractivity (Wildman–Crippen MR) is 86.5 cm³/mol. The zero-order valence-electron chi connectivity index (χ0n) is 13.5. The van der Waals surface area contributed by atoms with Crippen LogP contribution in [0.5, 0.6) is 5.75 Å². The van der Waals surface area contributed by atoms with Gasteiger partial charge in [-0.2, -0.15) is 0 Å². The molecule has 1 aliphatic rings. The van der Waals surface area contributed by atoms with Crippen LogP contribution in [0.2, 0.25) is 0 Å². The standard InChI is InChI=1S/C16H25N3O3/c1-18(2)8-7-17-16(20)15-12-19(9-10-22-15)13-5-4-6-14(11-13)21-3/h4-6,11,15H,7-10,12H2,1-3H3,(H,17,20)/t15-/m1/s1. The average molecular weight is 307 g/mol. The van der Waals surface area contributed by atoms with Crippen molar-refractivity contribution in [1.29, 1.82) is 0 Å². The van der Waals surface area contributed by atoms with Crippen molar-refractivity contribution < 1.29 is 14.3 Å². The summed E-state index contributed by atoms with van der Waals surface area (Å²) in [5, 5.41) is 2.92. The van der Waals surface area contributed by atoms with Crippen LogP contribution >= 0.6 is 0 Å². The van der Waals surface area contributed by atoms with Gasteiger partial charge < -0.3 is 24.6 Å². The molecular weight excluding hydrogens is 282 g/mol. The van der Waals surface area contributed by atoms with Crippen LogP contribution in [0.1, 0.15) is 0 Å². The van der Waals surface area contributed by atoms with Crippen molar-refractivity contribution in [3.63, 3.8) is 0 Å². The van der Waals surface area contributed by atoms with Crippen molar-refractivity contribution in [1.82, 2.24) is 10.2 Å². The van der Waals surface area contributed by atoms with Crippen LogP contribution in [0.3, 0.4) is 0 Å². The van der Waals surface area contributed by atoms with Gasteiger partial charge in [-0.05, 0) is 26.2 Å². The smallest absolute Gasteiger partial charge is 0.251 e. The molecule has 2 rings (SSSR count). The number of morpholine rings is 1. The molecule has 0 bridgehead atoms. The minimum Gasteiger partial charge on any atom is -0.497 e. The van der Waals surface area contributed by atoms with Crippen molar-refractivity contribution >= 4 is 11.6 Å². The van der Waals surface area contributed by atoms with Gasteiger partial charge in [0.05, 0.1) is 20.3 Å². The van der Waals surface area contributed by atoms with Gasteiger partial charge in [0.25, 0.3) is 5.91 Å². The fourth-order valence-corrected chi connectivity index (χ4v) is 2.37. The number of anilines is 1. The number of hydrogen-bond donors (Lipinski definition) is 1. The van der Waals surface area contributed by atoms with Crippen LogP contribution in [-0.4, -0.2) is 70.9 Å². The van der Waals surface area contributed by atoms with Gasteiger partial charge >= 0.3 is 0 Å². The first-order valence-electron chi connectivity index (χ1n) is 7.53. The van der Waals surface area contributed by atoms with Gasteiger partial charge in [0.1, 0.15) is 5.75 Å². The van der Waals surface area contributed by atoms with E-state index in [9.17, 15) is 4.79 Å². The molecule has 122 valence electrons. The first kappa shape index (κ1) is 16.6. The van der Waals surface area contributed by atoms with Crippen LogP contribution in [0, 0.1) is 0 Å². The fraction of sp³-hybridized carbons (Fsp3) is 0.562. The van der Waals surface area contributed by atoms with Gasteiger partial charge in [0, 0.05) is 31.4 Å². The van der Waals surface area contributed by atoms with Crippen LogP contribution in [-0.2, 0) is 9.53 Å². The maximum absolute atomic E-state index is 12.2. The van der Waals surface area contributed by atoms with Crippen molar-refractivity contribution in [3.05, 3.63) is 24.3 Å². The monoisotopic (exact) mass is 307 g/mol. The number of carbonyl (C=O) groups is 1. The molecule has 1 saturated heterocycles. The molecule has 1 aromatic carbocycles. The largest absolute Gasteiger partial charge is 0.497 e. The molecular formula is C16H25N3O3. The number of nitrogens with one attached hydrogen (secondary N) is 1. The Morgan fingerprint density at radius 2 is 2.32 bits per heavy atom. The number of methoxy groups -OCH3 is 1. The zero-order valence-corrected chi connectivity index (χ0v) is 13.5. The Hall–Kier alpha value is -1.79. The lowest BCUT2D eigenvalue weighted by Crippen LogP contribution is -2.50. The maximum atomic E-state index is 12.2. The van der Waals surface area contributed by atoms with Gasteiger partial charge in [0.2, 0.25) is 0 Å². The number of likely N-dealkylation sites (N-methyl/N-ethyl adjacent to an activating group) is 1. The van der Waals surface area contributed by atoms with Gasteiger partial charge in [-0.15, -0.1) is 0 Å². The summed E-state index contributed by atoms with van der Waals surface area (Å²) in [6.07, 6.45) is -0.429. The molecule has 0 unspecified atom stereocenters. The minimum atomic E-state index is -0.429. The Morgan fingerprint density at radius 3 is 3.05 bits per heavy atom. The van der Waals surface area contributed by atoms with Crippen molar-refractivity contribution in [2.45, 2.75) is 6.10 Å². The first-order chi connectivity index (χ1) is 10.6. The number of amides is 1. The second-order valence-electron chi connectivity index (χ2n) is 5.60. The average Bonchev–Trinajstić information content (AvgIpc) is 2.54. The molecule has 6 nitrogen and oxygen atoms in total. The highest BCUT2D eigenvalue weighted by atomic mass is 16.5. The topological polar surface area (TPSA) is 54.0 Å². The molecule has 0 spiro atoms. The number of hydrogen-bond acceptors (Lipinski definition) is 5. The summed E-state index contributed by atoms with van der Waals surface area (Å²) in [7, 11) is 5.61. The van der Waals surface area contributed by atoms with E-state index in [1.54, 1.807) is 7.11 Å². The minimum absolute atomic E-state index is 0.0468. The Balaban J connectivity index is 1.92. The fourth-order valence-electron chi connectivity index (χ4n) is 2.37. The molecule has 0 aromatic heterocycles. The zero-order chi connectivity index (χ0) is 15.9. The van der Waals surface area contributed by atoms with Gasteiger partial charge in [-0.3, -0.25) is 4.79 Å². The SMILES string of the molecule is COc1cccc(N2CCO[C@@H](C(=O)NCCN(C)C)C2)c1. The normalized spacial score (nSPS) is 18.4. The van der Waals surface area contributed by atoms with Gasteiger partial charge in [-0.25, -0.2) is 0 Å². The molecule has 1 atom stereocenters. The highest BCUT2D eigenvalue weighted by molar-refractivity contribution is 5.81. The van der Waals surface area contributed by atoms with Crippen LogP contribution in [0.15, 0.2) is 24.3 Å². The summed E-state index contributed by atoms with van der Waals surface area (Å²) < 4.78 is 10.9. The lowest BCUT2D eigenvalue weighted by atomic mass is 10.2. The predicted octanol–water partition coefficient (Wildman–Crippen LogP) is 0.578. The maximum Gasteiger partial charge on any atom is 0.251 e. The van der Waals surface area contributed by atoms with E-state index in [0.717, 1.165) is 24.5 Å². The van der Waals surface area contributed by atoms with Crippen molar-refractivity contribution in [3.8, 4) is 5.75 Å². The third-order valence-corrected chi connectivity index (χ3v) is 3.64. The van der Waals surface area contributed by atoms with Crippen LogP contribution in [0.25, 0.3) is 0 Å². The lowest BCUT2D eigenvalue weighted by Gasteiger charge is -2.34. The molecule has 1 amide bonds. The molecule has 1 aromatic rings. The van der Waals surface area contributed by atoms with E-state index in [0.29, 0.717) is 19.7 Å². The number of rotatable bonds is 6. The number of benzene rings is 1. The number of nitrogens with zero attached hydrogens (tertiary/aromatic N) is 2. The van der Waals surface area contributed by atoms with E-state index in [4.69, 9.17) is 9.47 Å². The molecule has 1 heterocycles. The number of carbonyl (C=O) groups excluding carboxylic acids is 1. The van der Waals surface area contributed by atoms with E-state index in [1.807, 2.05) is 43.3 Å². The van der Waals surface area contributed by atoms with Gasteiger partial charge in [0.15, 0.2) is 6.10 Å². The summed E-state index contributed by atoms with van der Waals surface area (Å²) in [6, 6.07) is 7.87. The molecule has 1 fully saturated rings. The second kappa shape index (κ2) is 8.00. The van der Waals surface area contributed by atoms with Crippen molar-refractivity contribution in [2.75, 3.05) is 58.9 Å². The quantitative estimate of drug-likeness (QED) is 0.833.